The van der Waals surface area contributed by atoms with E-state index in [4.69, 9.17) is 16.3 Å². The van der Waals surface area contributed by atoms with E-state index in [2.05, 4.69) is 15.3 Å². The van der Waals surface area contributed by atoms with Crippen molar-refractivity contribution in [1.82, 2.24) is 9.97 Å². The van der Waals surface area contributed by atoms with Gasteiger partial charge in [0.05, 0.1) is 12.0 Å². The molecular formula is C19H15ClN4O5. The number of aromatic amines is 1. The van der Waals surface area contributed by atoms with Gasteiger partial charge >= 0.3 is 0 Å². The van der Waals surface area contributed by atoms with Gasteiger partial charge in [-0.25, -0.2) is 4.98 Å². The fraction of sp³-hybridized carbons (Fsp3) is 0.105. The molecule has 1 aromatic heterocycles. The number of rotatable bonds is 6. The predicted molar refractivity (Wildman–Crippen MR) is 107 cm³/mol. The second kappa shape index (κ2) is 8.53. The average molecular weight is 415 g/mol. The summed E-state index contributed by atoms with van der Waals surface area (Å²) in [6, 6.07) is 12.1. The summed E-state index contributed by atoms with van der Waals surface area (Å²) in [4.78, 5) is 41.5. The molecule has 9 nitrogen and oxygen atoms in total. The Morgan fingerprint density at radius 2 is 1.97 bits per heavy atom. The van der Waals surface area contributed by atoms with Crippen molar-refractivity contribution in [2.24, 2.45) is 0 Å². The second-order valence-electron chi connectivity index (χ2n) is 5.98. The van der Waals surface area contributed by atoms with E-state index in [1.807, 2.05) is 12.1 Å². The number of nitrogens with one attached hydrogen (secondary N) is 2. The van der Waals surface area contributed by atoms with Crippen LogP contribution < -0.4 is 15.6 Å². The molecule has 10 heteroatoms. The topological polar surface area (TPSA) is 127 Å². The maximum atomic E-state index is 12.5. The standard InChI is InChI=1S/C19H15ClN4O5/c1-29-13-5-2-11(3-6-13)8-17-22-15(10-18(25)23-17)19(26)21-12-4-7-14(20)16(9-12)24(27)28/h2-7,9-10H,8H2,1H3,(H,21,26)(H,22,23,25). The van der Waals surface area contributed by atoms with Gasteiger partial charge in [-0.1, -0.05) is 23.7 Å². The fourth-order valence-corrected chi connectivity index (χ4v) is 2.76. The second-order valence-corrected chi connectivity index (χ2v) is 6.39. The van der Waals surface area contributed by atoms with Crippen LogP contribution in [0, 0.1) is 10.1 Å². The summed E-state index contributed by atoms with van der Waals surface area (Å²) in [5.74, 6) is 0.319. The third kappa shape index (κ3) is 4.96. The molecule has 29 heavy (non-hydrogen) atoms. The number of hydrogen-bond acceptors (Lipinski definition) is 6. The molecule has 2 aromatic carbocycles. The lowest BCUT2D eigenvalue weighted by atomic mass is 10.1. The third-order valence-electron chi connectivity index (χ3n) is 3.95. The van der Waals surface area contributed by atoms with Gasteiger partial charge in [-0.15, -0.1) is 0 Å². The van der Waals surface area contributed by atoms with Crippen LogP contribution in [-0.2, 0) is 6.42 Å². The number of hydrogen-bond donors (Lipinski definition) is 2. The molecule has 0 fully saturated rings. The van der Waals surface area contributed by atoms with E-state index in [-0.39, 0.29) is 22.1 Å². The monoisotopic (exact) mass is 414 g/mol. The minimum Gasteiger partial charge on any atom is -0.497 e. The molecule has 0 radical (unpaired) electrons. The van der Waals surface area contributed by atoms with Crippen LogP contribution in [0.2, 0.25) is 5.02 Å². The first-order valence-corrected chi connectivity index (χ1v) is 8.72. The Hall–Kier alpha value is -3.72. The van der Waals surface area contributed by atoms with Crippen LogP contribution in [0.5, 0.6) is 5.75 Å². The summed E-state index contributed by atoms with van der Waals surface area (Å²) in [5, 5.41) is 13.4. The Bertz CT molecular complexity index is 1130. The van der Waals surface area contributed by atoms with E-state index in [9.17, 15) is 19.7 Å². The van der Waals surface area contributed by atoms with Crippen LogP contribution in [0.25, 0.3) is 0 Å². The van der Waals surface area contributed by atoms with Crippen LogP contribution in [0.4, 0.5) is 11.4 Å². The number of halogens is 1. The fourth-order valence-electron chi connectivity index (χ4n) is 2.57. The van der Waals surface area contributed by atoms with Crippen molar-refractivity contribution in [3.05, 3.63) is 91.1 Å². The van der Waals surface area contributed by atoms with Crippen molar-refractivity contribution >= 4 is 28.9 Å². The Morgan fingerprint density at radius 1 is 1.24 bits per heavy atom. The number of nitro benzene ring substituents is 1. The lowest BCUT2D eigenvalue weighted by Gasteiger charge is -2.07. The molecule has 0 spiro atoms. The minimum atomic E-state index is -0.677. The first-order valence-electron chi connectivity index (χ1n) is 8.34. The Morgan fingerprint density at radius 3 is 2.62 bits per heavy atom. The highest BCUT2D eigenvalue weighted by Gasteiger charge is 2.16. The number of nitrogens with zero attached hydrogens (tertiary/aromatic N) is 2. The number of amides is 1. The highest BCUT2D eigenvalue weighted by Crippen LogP contribution is 2.27. The van der Waals surface area contributed by atoms with Crippen molar-refractivity contribution < 1.29 is 14.5 Å². The number of benzene rings is 2. The molecule has 3 rings (SSSR count). The van der Waals surface area contributed by atoms with E-state index in [0.29, 0.717) is 18.0 Å². The molecule has 148 valence electrons. The maximum absolute atomic E-state index is 12.5. The molecule has 1 amide bonds. The number of nitro groups is 1. The van der Waals surface area contributed by atoms with Crippen LogP contribution >= 0.6 is 11.6 Å². The van der Waals surface area contributed by atoms with Crippen LogP contribution in [0.15, 0.2) is 53.3 Å². The highest BCUT2D eigenvalue weighted by molar-refractivity contribution is 6.32. The van der Waals surface area contributed by atoms with Crippen LogP contribution in [-0.4, -0.2) is 27.9 Å². The number of anilines is 1. The molecule has 0 bridgehead atoms. The van der Waals surface area contributed by atoms with Gasteiger partial charge in [-0.3, -0.25) is 19.7 Å². The smallest absolute Gasteiger partial charge is 0.289 e. The Kier molecular flexibility index (Phi) is 5.89. The molecule has 2 N–H and O–H groups in total. The van der Waals surface area contributed by atoms with E-state index in [0.717, 1.165) is 17.7 Å². The van der Waals surface area contributed by atoms with Gasteiger partial charge in [0.15, 0.2) is 0 Å². The SMILES string of the molecule is COc1ccc(Cc2nc(C(=O)Nc3ccc(Cl)c([N+](=O)[O-])c3)cc(=O)[nH]2)cc1. The molecular weight excluding hydrogens is 400 g/mol. The molecule has 1 heterocycles. The first kappa shape index (κ1) is 20.0. The lowest BCUT2D eigenvalue weighted by Crippen LogP contribution is -2.20. The van der Waals surface area contributed by atoms with Crippen molar-refractivity contribution in [2.75, 3.05) is 12.4 Å². The molecule has 3 aromatic rings. The number of H-pyrrole nitrogens is 1. The van der Waals surface area contributed by atoms with Crippen molar-refractivity contribution in [1.29, 1.82) is 0 Å². The summed E-state index contributed by atoms with van der Waals surface area (Å²) in [7, 11) is 1.56. The zero-order valence-corrected chi connectivity index (χ0v) is 15.9. The normalized spacial score (nSPS) is 10.4. The summed E-state index contributed by atoms with van der Waals surface area (Å²) >= 11 is 5.76. The Labute approximate surface area is 169 Å². The van der Waals surface area contributed by atoms with Gasteiger partial charge in [-0.2, -0.15) is 0 Å². The van der Waals surface area contributed by atoms with Crippen LogP contribution in [0.3, 0.4) is 0 Å². The van der Waals surface area contributed by atoms with Crippen molar-refractivity contribution in [3.8, 4) is 5.75 Å². The van der Waals surface area contributed by atoms with Gasteiger partial charge in [0.2, 0.25) is 0 Å². The average Bonchev–Trinajstić information content (AvgIpc) is 2.69. The van der Waals surface area contributed by atoms with E-state index < -0.39 is 16.4 Å². The zero-order valence-electron chi connectivity index (χ0n) is 15.1. The first-order chi connectivity index (χ1) is 13.9. The third-order valence-corrected chi connectivity index (χ3v) is 4.27. The molecule has 0 saturated carbocycles. The number of carbonyl (C=O) groups excluding carboxylic acids is 1. The number of methoxy groups -OCH3 is 1. The lowest BCUT2D eigenvalue weighted by molar-refractivity contribution is -0.384. The minimum absolute atomic E-state index is 0.0518. The van der Waals surface area contributed by atoms with Gasteiger partial charge in [0.25, 0.3) is 17.2 Å². The van der Waals surface area contributed by atoms with E-state index in [1.54, 1.807) is 19.2 Å². The highest BCUT2D eigenvalue weighted by atomic mass is 35.5. The summed E-state index contributed by atoms with van der Waals surface area (Å²) in [6.07, 6.45) is 0.298. The molecule has 0 aliphatic heterocycles. The van der Waals surface area contributed by atoms with E-state index >= 15 is 0 Å². The molecule has 0 saturated heterocycles. The van der Waals surface area contributed by atoms with Crippen LogP contribution in [0.1, 0.15) is 21.9 Å². The van der Waals surface area contributed by atoms with Gasteiger partial charge in [0.1, 0.15) is 22.3 Å². The van der Waals surface area contributed by atoms with Gasteiger partial charge in [-0.05, 0) is 29.8 Å². The summed E-state index contributed by atoms with van der Waals surface area (Å²) in [6.45, 7) is 0. The molecule has 0 atom stereocenters. The zero-order chi connectivity index (χ0) is 21.0. The maximum Gasteiger partial charge on any atom is 0.289 e. The van der Waals surface area contributed by atoms with Crippen molar-refractivity contribution in [2.45, 2.75) is 6.42 Å². The van der Waals surface area contributed by atoms with Gasteiger partial charge in [0, 0.05) is 24.2 Å². The van der Waals surface area contributed by atoms with E-state index in [1.165, 1.54) is 12.1 Å². The van der Waals surface area contributed by atoms with Gasteiger partial charge < -0.3 is 15.0 Å². The molecule has 0 unspecified atom stereocenters. The number of carbonyl (C=O) groups is 1. The number of aromatic nitrogens is 2. The molecule has 0 aliphatic carbocycles. The van der Waals surface area contributed by atoms with Crippen molar-refractivity contribution in [3.63, 3.8) is 0 Å². The quantitative estimate of drug-likeness (QED) is 0.471. The summed E-state index contributed by atoms with van der Waals surface area (Å²) < 4.78 is 5.10. The molecule has 0 aliphatic rings. The predicted octanol–water partition coefficient (Wildman–Crippen LogP) is 3.18. The largest absolute Gasteiger partial charge is 0.497 e. The Balaban J connectivity index is 1.81. The number of ether oxygens (including phenoxy) is 1. The summed E-state index contributed by atoms with van der Waals surface area (Å²) in [5.41, 5.74) is 0.0684.